The average molecular weight is 234 g/mol. The van der Waals surface area contributed by atoms with Crippen LogP contribution in [0.25, 0.3) is 0 Å². The molecule has 0 atom stereocenters. The standard InChI is InChI=1S/C10H19O4P/c1-4-7-8-9-10-14-15(11,12-5-2)13-6-3/h7-10H,4-6H2,1-3H3/b8-7-,10-9+. The molecule has 0 unspecified atom stereocenters. The maximum Gasteiger partial charge on any atom is 0.529 e. The summed E-state index contributed by atoms with van der Waals surface area (Å²) in [6, 6.07) is 0. The number of phosphoric ester groups is 1. The molecular weight excluding hydrogens is 215 g/mol. The second-order valence-corrected chi connectivity index (χ2v) is 4.17. The fourth-order valence-corrected chi connectivity index (χ4v) is 1.83. The average Bonchev–Trinajstić information content (AvgIpc) is 2.18. The van der Waals surface area contributed by atoms with E-state index in [1.165, 1.54) is 6.26 Å². The van der Waals surface area contributed by atoms with Crippen molar-refractivity contribution in [1.29, 1.82) is 0 Å². The van der Waals surface area contributed by atoms with Gasteiger partial charge in [-0.05, 0) is 26.3 Å². The van der Waals surface area contributed by atoms with Crippen LogP contribution >= 0.6 is 7.82 Å². The SMILES string of the molecule is CC/C=C\C=C\OP(=O)(OCC)OCC. The van der Waals surface area contributed by atoms with Crippen LogP contribution in [0.5, 0.6) is 0 Å². The minimum absolute atomic E-state index is 0.288. The molecule has 0 heterocycles. The number of rotatable bonds is 8. The van der Waals surface area contributed by atoms with E-state index in [9.17, 15) is 4.57 Å². The molecule has 0 aromatic heterocycles. The van der Waals surface area contributed by atoms with Crippen molar-refractivity contribution in [3.05, 3.63) is 24.5 Å². The first-order valence-corrected chi connectivity index (χ1v) is 6.53. The topological polar surface area (TPSA) is 44.8 Å². The third-order valence-corrected chi connectivity index (χ3v) is 2.85. The summed E-state index contributed by atoms with van der Waals surface area (Å²) in [6.45, 7) is 6.06. The van der Waals surface area contributed by atoms with Crippen LogP contribution in [0.1, 0.15) is 27.2 Å². The lowest BCUT2D eigenvalue weighted by Crippen LogP contribution is -1.96. The Balaban J connectivity index is 4.11. The molecule has 0 aliphatic rings. The van der Waals surface area contributed by atoms with Crippen molar-refractivity contribution >= 4 is 7.82 Å². The summed E-state index contributed by atoms with van der Waals surface area (Å²) in [6.07, 6.45) is 7.67. The highest BCUT2D eigenvalue weighted by Crippen LogP contribution is 2.49. The van der Waals surface area contributed by atoms with Gasteiger partial charge in [0.15, 0.2) is 0 Å². The zero-order valence-corrected chi connectivity index (χ0v) is 10.4. The predicted octanol–water partition coefficient (Wildman–Crippen LogP) is 3.66. The van der Waals surface area contributed by atoms with Crippen molar-refractivity contribution in [2.45, 2.75) is 27.2 Å². The van der Waals surface area contributed by atoms with E-state index in [-0.39, 0.29) is 13.2 Å². The molecule has 0 bridgehead atoms. The first-order valence-electron chi connectivity index (χ1n) is 5.07. The van der Waals surface area contributed by atoms with Crippen molar-refractivity contribution in [1.82, 2.24) is 0 Å². The molecule has 0 radical (unpaired) electrons. The molecule has 0 aliphatic heterocycles. The molecule has 0 rings (SSSR count). The Kier molecular flexibility index (Phi) is 8.38. The van der Waals surface area contributed by atoms with E-state index in [2.05, 4.69) is 0 Å². The third-order valence-electron chi connectivity index (χ3n) is 1.33. The Morgan fingerprint density at radius 3 is 2.13 bits per heavy atom. The van der Waals surface area contributed by atoms with Crippen molar-refractivity contribution in [2.75, 3.05) is 13.2 Å². The second kappa shape index (κ2) is 8.72. The van der Waals surface area contributed by atoms with Gasteiger partial charge in [0.1, 0.15) is 0 Å². The summed E-state index contributed by atoms with van der Waals surface area (Å²) in [5, 5.41) is 0. The van der Waals surface area contributed by atoms with E-state index in [0.717, 1.165) is 6.42 Å². The quantitative estimate of drug-likeness (QED) is 0.365. The Hall–Kier alpha value is -0.570. The molecule has 15 heavy (non-hydrogen) atoms. The highest BCUT2D eigenvalue weighted by Gasteiger charge is 2.24. The number of allylic oxidation sites excluding steroid dienone is 3. The highest BCUT2D eigenvalue weighted by atomic mass is 31.2. The molecule has 0 spiro atoms. The minimum atomic E-state index is -3.39. The molecule has 0 aromatic carbocycles. The molecule has 0 aliphatic carbocycles. The van der Waals surface area contributed by atoms with Crippen molar-refractivity contribution < 1.29 is 18.1 Å². The predicted molar refractivity (Wildman–Crippen MR) is 60.5 cm³/mol. The van der Waals surface area contributed by atoms with Gasteiger partial charge in [-0.25, -0.2) is 4.57 Å². The highest BCUT2D eigenvalue weighted by molar-refractivity contribution is 7.48. The van der Waals surface area contributed by atoms with E-state index < -0.39 is 7.82 Å². The first kappa shape index (κ1) is 14.4. The number of phosphoric acid groups is 1. The first-order chi connectivity index (χ1) is 7.18. The maximum atomic E-state index is 11.7. The summed E-state index contributed by atoms with van der Waals surface area (Å²) < 4.78 is 26.5. The lowest BCUT2D eigenvalue weighted by molar-refractivity contribution is 0.154. The molecule has 0 saturated carbocycles. The minimum Gasteiger partial charge on any atom is -0.412 e. The number of hydrogen-bond donors (Lipinski definition) is 0. The van der Waals surface area contributed by atoms with Gasteiger partial charge in [0, 0.05) is 0 Å². The molecular formula is C10H19O4P. The van der Waals surface area contributed by atoms with Crippen LogP contribution in [0, 0.1) is 0 Å². The normalized spacial score (nSPS) is 12.7. The van der Waals surface area contributed by atoms with Gasteiger partial charge in [-0.15, -0.1) is 0 Å². The molecule has 0 aromatic rings. The van der Waals surface area contributed by atoms with Gasteiger partial charge in [0.2, 0.25) is 0 Å². The Labute approximate surface area is 91.5 Å². The van der Waals surface area contributed by atoms with E-state index in [1.807, 2.05) is 19.1 Å². The summed E-state index contributed by atoms with van der Waals surface area (Å²) in [5.41, 5.74) is 0. The van der Waals surface area contributed by atoms with Crippen LogP contribution in [0.2, 0.25) is 0 Å². The smallest absolute Gasteiger partial charge is 0.412 e. The Morgan fingerprint density at radius 2 is 1.67 bits per heavy atom. The van der Waals surface area contributed by atoms with Crippen LogP contribution in [0.15, 0.2) is 24.5 Å². The molecule has 0 N–H and O–H groups in total. The fourth-order valence-electron chi connectivity index (χ4n) is 0.784. The van der Waals surface area contributed by atoms with Gasteiger partial charge in [-0.2, -0.15) is 0 Å². The zero-order valence-electron chi connectivity index (χ0n) is 9.51. The zero-order chi connectivity index (χ0) is 11.6. The van der Waals surface area contributed by atoms with Crippen molar-refractivity contribution in [3.63, 3.8) is 0 Å². The van der Waals surface area contributed by atoms with Gasteiger partial charge in [-0.1, -0.05) is 19.1 Å². The van der Waals surface area contributed by atoms with Crippen LogP contribution < -0.4 is 0 Å². The maximum absolute atomic E-state index is 11.7. The van der Waals surface area contributed by atoms with E-state index in [0.29, 0.717) is 0 Å². The largest absolute Gasteiger partial charge is 0.529 e. The molecule has 5 heteroatoms. The summed E-state index contributed by atoms with van der Waals surface area (Å²) in [7, 11) is -3.39. The van der Waals surface area contributed by atoms with Crippen LogP contribution in [0.3, 0.4) is 0 Å². The van der Waals surface area contributed by atoms with Gasteiger partial charge in [0.25, 0.3) is 0 Å². The van der Waals surface area contributed by atoms with Crippen molar-refractivity contribution in [3.8, 4) is 0 Å². The lowest BCUT2D eigenvalue weighted by atomic mass is 10.4. The van der Waals surface area contributed by atoms with E-state index >= 15 is 0 Å². The monoisotopic (exact) mass is 234 g/mol. The third kappa shape index (κ3) is 7.37. The van der Waals surface area contributed by atoms with E-state index in [4.69, 9.17) is 13.6 Å². The molecule has 0 saturated heterocycles. The van der Waals surface area contributed by atoms with E-state index in [1.54, 1.807) is 19.9 Å². The van der Waals surface area contributed by atoms with Crippen LogP contribution in [-0.2, 0) is 18.1 Å². The summed E-state index contributed by atoms with van der Waals surface area (Å²) in [4.78, 5) is 0. The molecule has 0 fully saturated rings. The fraction of sp³-hybridized carbons (Fsp3) is 0.600. The number of hydrogen-bond acceptors (Lipinski definition) is 4. The Bertz CT molecular complexity index is 238. The Morgan fingerprint density at radius 1 is 1.07 bits per heavy atom. The molecule has 0 amide bonds. The summed E-state index contributed by atoms with van der Waals surface area (Å²) in [5.74, 6) is 0. The van der Waals surface area contributed by atoms with Gasteiger partial charge in [-0.3, -0.25) is 9.05 Å². The second-order valence-electron chi connectivity index (χ2n) is 2.55. The van der Waals surface area contributed by atoms with Gasteiger partial charge in [0.05, 0.1) is 19.5 Å². The van der Waals surface area contributed by atoms with Crippen LogP contribution in [-0.4, -0.2) is 13.2 Å². The molecule has 4 nitrogen and oxygen atoms in total. The molecule has 88 valence electrons. The van der Waals surface area contributed by atoms with Crippen molar-refractivity contribution in [2.24, 2.45) is 0 Å². The van der Waals surface area contributed by atoms with Gasteiger partial charge < -0.3 is 4.52 Å². The van der Waals surface area contributed by atoms with Gasteiger partial charge >= 0.3 is 7.82 Å². The lowest BCUT2D eigenvalue weighted by Gasteiger charge is -2.13. The summed E-state index contributed by atoms with van der Waals surface area (Å²) >= 11 is 0. The van der Waals surface area contributed by atoms with Crippen LogP contribution in [0.4, 0.5) is 0 Å².